The zero-order chi connectivity index (χ0) is 22.8. The van der Waals surface area contributed by atoms with Gasteiger partial charge in [-0.1, -0.05) is 24.8 Å². The van der Waals surface area contributed by atoms with Crippen molar-refractivity contribution < 1.29 is 23.0 Å². The first-order valence-electron chi connectivity index (χ1n) is 10.6. The predicted octanol–water partition coefficient (Wildman–Crippen LogP) is 4.78. The van der Waals surface area contributed by atoms with Crippen molar-refractivity contribution in [2.45, 2.75) is 32.6 Å². The topological polar surface area (TPSA) is 43.7 Å². The molecule has 0 radical (unpaired) electrons. The summed E-state index contributed by atoms with van der Waals surface area (Å²) >= 11 is 0. The van der Waals surface area contributed by atoms with Gasteiger partial charge in [0.1, 0.15) is 29.7 Å². The Morgan fingerprint density at radius 2 is 1.81 bits per heavy atom. The van der Waals surface area contributed by atoms with Crippen LogP contribution in [0.2, 0.25) is 0 Å². The summed E-state index contributed by atoms with van der Waals surface area (Å²) in [6.45, 7) is 8.57. The predicted molar refractivity (Wildman–Crippen MR) is 119 cm³/mol. The van der Waals surface area contributed by atoms with E-state index in [4.69, 9.17) is 9.47 Å². The van der Waals surface area contributed by atoms with E-state index in [0.717, 1.165) is 0 Å². The number of nitrogens with zero attached hydrogens (tertiary/aromatic N) is 2. The van der Waals surface area contributed by atoms with Gasteiger partial charge in [0.2, 0.25) is 0 Å². The van der Waals surface area contributed by atoms with Crippen LogP contribution in [0.3, 0.4) is 0 Å². The Balaban J connectivity index is 1.83. The third kappa shape index (κ3) is 4.25. The summed E-state index contributed by atoms with van der Waals surface area (Å²) in [5.74, 6) is -0.946. The van der Waals surface area contributed by atoms with Gasteiger partial charge in [-0.25, -0.2) is 8.78 Å². The van der Waals surface area contributed by atoms with E-state index in [1.54, 1.807) is 33.7 Å². The lowest BCUT2D eigenvalue weighted by Gasteiger charge is -2.35. The molecular formula is C25H26F2N2O3. The molecule has 2 atom stereocenters. The molecule has 1 aromatic heterocycles. The van der Waals surface area contributed by atoms with Crippen molar-refractivity contribution in [3.8, 4) is 5.75 Å². The molecule has 1 amide bonds. The van der Waals surface area contributed by atoms with Crippen LogP contribution in [-0.4, -0.2) is 47.3 Å². The number of carbonyl (C=O) groups excluding carboxylic acids is 1. The van der Waals surface area contributed by atoms with Crippen LogP contribution in [0.15, 0.2) is 55.1 Å². The number of carbonyl (C=O) groups is 1. The Hall–Kier alpha value is -3.19. The van der Waals surface area contributed by atoms with Crippen LogP contribution in [0.4, 0.5) is 8.78 Å². The number of amides is 1. The highest BCUT2D eigenvalue weighted by atomic mass is 19.1. The van der Waals surface area contributed by atoms with Crippen molar-refractivity contribution in [2.24, 2.45) is 0 Å². The van der Waals surface area contributed by atoms with Crippen molar-refractivity contribution in [2.75, 3.05) is 19.7 Å². The van der Waals surface area contributed by atoms with Gasteiger partial charge in [-0.3, -0.25) is 4.79 Å². The molecule has 0 bridgehead atoms. The molecule has 3 aromatic rings. The zero-order valence-corrected chi connectivity index (χ0v) is 18.2. The molecule has 0 saturated carbocycles. The van der Waals surface area contributed by atoms with Gasteiger partial charge in [0, 0.05) is 24.0 Å². The average Bonchev–Trinajstić information content (AvgIpc) is 3.12. The van der Waals surface area contributed by atoms with Gasteiger partial charge in [0.05, 0.1) is 24.3 Å². The molecule has 1 aliphatic heterocycles. The second-order valence-corrected chi connectivity index (χ2v) is 8.07. The van der Waals surface area contributed by atoms with Crippen LogP contribution < -0.4 is 4.74 Å². The minimum atomic E-state index is -0.655. The Kier molecular flexibility index (Phi) is 6.28. The van der Waals surface area contributed by atoms with Gasteiger partial charge < -0.3 is 18.9 Å². The molecule has 0 N–H and O–H groups in total. The fourth-order valence-corrected chi connectivity index (χ4v) is 4.23. The Labute approximate surface area is 185 Å². The number of benzene rings is 2. The number of halogens is 2. The average molecular weight is 440 g/mol. The van der Waals surface area contributed by atoms with Gasteiger partial charge in [-0.15, -0.1) is 0 Å². The number of fused-ring (bicyclic) bond motifs is 1. The first kappa shape index (κ1) is 22.0. The summed E-state index contributed by atoms with van der Waals surface area (Å²) in [5.41, 5.74) is 0.908. The molecule has 2 heterocycles. The Morgan fingerprint density at radius 1 is 1.16 bits per heavy atom. The highest BCUT2D eigenvalue weighted by Crippen LogP contribution is 2.31. The minimum Gasteiger partial charge on any atom is -0.489 e. The zero-order valence-electron chi connectivity index (χ0n) is 18.2. The summed E-state index contributed by atoms with van der Waals surface area (Å²) in [6.07, 6.45) is 1.43. The smallest absolute Gasteiger partial charge is 0.270 e. The fourth-order valence-electron chi connectivity index (χ4n) is 4.23. The minimum absolute atomic E-state index is 0.0971. The highest BCUT2D eigenvalue weighted by Gasteiger charge is 2.29. The Morgan fingerprint density at radius 3 is 2.47 bits per heavy atom. The van der Waals surface area contributed by atoms with Crippen LogP contribution in [0.5, 0.6) is 5.75 Å². The number of aromatic nitrogens is 1. The van der Waals surface area contributed by atoms with Crippen LogP contribution in [0.25, 0.3) is 10.9 Å². The number of ether oxygens (including phenoxy) is 2. The summed E-state index contributed by atoms with van der Waals surface area (Å²) in [5, 5.41) is 0.698. The van der Waals surface area contributed by atoms with Crippen molar-refractivity contribution in [3.05, 3.63) is 78.0 Å². The van der Waals surface area contributed by atoms with Crippen LogP contribution in [0, 0.1) is 11.6 Å². The maximum Gasteiger partial charge on any atom is 0.270 e. The molecule has 1 fully saturated rings. The first-order chi connectivity index (χ1) is 15.4. The molecule has 4 rings (SSSR count). The van der Waals surface area contributed by atoms with E-state index in [1.165, 1.54) is 18.2 Å². The molecule has 0 spiro atoms. The van der Waals surface area contributed by atoms with Crippen molar-refractivity contribution in [1.82, 2.24) is 9.47 Å². The van der Waals surface area contributed by atoms with Crippen molar-refractivity contribution >= 4 is 16.8 Å². The quantitative estimate of drug-likeness (QED) is 0.518. The molecular weight excluding hydrogens is 414 g/mol. The van der Waals surface area contributed by atoms with E-state index >= 15 is 0 Å². The third-order valence-electron chi connectivity index (χ3n) is 5.57. The summed E-state index contributed by atoms with van der Waals surface area (Å²) < 4.78 is 42.1. The molecule has 7 heteroatoms. The molecule has 2 aromatic carbocycles. The molecule has 1 aliphatic rings. The van der Waals surface area contributed by atoms with Crippen molar-refractivity contribution in [3.63, 3.8) is 0 Å². The van der Waals surface area contributed by atoms with Gasteiger partial charge in [0.25, 0.3) is 5.91 Å². The SMILES string of the molecule is C=CCOc1cccc2c1cc(C(=O)N1C[C@H](C)O[C@@H](C)C1)n2Cc1c(F)cccc1F. The van der Waals surface area contributed by atoms with Gasteiger partial charge in [-0.05, 0) is 44.2 Å². The van der Waals surface area contributed by atoms with E-state index in [1.807, 2.05) is 19.9 Å². The van der Waals surface area contributed by atoms with E-state index in [-0.39, 0.29) is 30.2 Å². The number of hydrogen-bond acceptors (Lipinski definition) is 3. The molecule has 0 aliphatic carbocycles. The number of rotatable bonds is 6. The van der Waals surface area contributed by atoms with Crippen molar-refractivity contribution in [1.29, 1.82) is 0 Å². The summed E-state index contributed by atoms with van der Waals surface area (Å²) in [7, 11) is 0. The lowest BCUT2D eigenvalue weighted by Crippen LogP contribution is -2.48. The molecule has 0 unspecified atom stereocenters. The van der Waals surface area contributed by atoms with Crippen LogP contribution >= 0.6 is 0 Å². The van der Waals surface area contributed by atoms with E-state index in [9.17, 15) is 13.6 Å². The lowest BCUT2D eigenvalue weighted by atomic mass is 10.2. The maximum absolute atomic E-state index is 14.5. The summed E-state index contributed by atoms with van der Waals surface area (Å²) in [4.78, 5) is 15.3. The summed E-state index contributed by atoms with van der Waals surface area (Å²) in [6, 6.07) is 10.9. The van der Waals surface area contributed by atoms with E-state index in [2.05, 4.69) is 6.58 Å². The van der Waals surface area contributed by atoms with Gasteiger partial charge in [-0.2, -0.15) is 0 Å². The molecule has 168 valence electrons. The largest absolute Gasteiger partial charge is 0.489 e. The Bertz CT molecular complexity index is 1130. The normalized spacial score (nSPS) is 18.7. The lowest BCUT2D eigenvalue weighted by molar-refractivity contribution is -0.0588. The number of morpholine rings is 1. The van der Waals surface area contributed by atoms with Crippen LogP contribution in [-0.2, 0) is 11.3 Å². The molecule has 32 heavy (non-hydrogen) atoms. The van der Waals surface area contributed by atoms with Crippen LogP contribution in [0.1, 0.15) is 29.9 Å². The second kappa shape index (κ2) is 9.12. The fraction of sp³-hybridized carbons (Fsp3) is 0.320. The number of hydrogen-bond donors (Lipinski definition) is 0. The first-order valence-corrected chi connectivity index (χ1v) is 10.6. The van der Waals surface area contributed by atoms with Gasteiger partial charge in [0.15, 0.2) is 0 Å². The molecule has 5 nitrogen and oxygen atoms in total. The highest BCUT2D eigenvalue weighted by molar-refractivity contribution is 6.00. The van der Waals surface area contributed by atoms with E-state index < -0.39 is 11.6 Å². The molecule has 1 saturated heterocycles. The standard InChI is InChI=1S/C25H26F2N2O3/c1-4-11-31-24-10-6-9-22-18(24)12-23(25(30)28-13-16(2)32-17(3)14-28)29(22)15-19-20(26)7-5-8-21(19)27/h4-10,12,16-17H,1,11,13-15H2,2-3H3/t16-,17-/m0/s1. The maximum atomic E-state index is 14.5. The second-order valence-electron chi connectivity index (χ2n) is 8.07. The van der Waals surface area contributed by atoms with E-state index in [0.29, 0.717) is 42.0 Å². The third-order valence-corrected chi connectivity index (χ3v) is 5.57. The monoisotopic (exact) mass is 440 g/mol. The van der Waals surface area contributed by atoms with Gasteiger partial charge >= 0.3 is 0 Å².